The molecule has 3 heterocycles. The number of carbonyl (C=O) groups excluding carboxylic acids is 1. The van der Waals surface area contributed by atoms with Crippen LogP contribution in [0.5, 0.6) is 0 Å². The average Bonchev–Trinajstić information content (AvgIpc) is 3.04. The van der Waals surface area contributed by atoms with Crippen molar-refractivity contribution in [2.45, 2.75) is 32.2 Å². The standard InChI is InChI=1S/C15H23N7O/c1-2-5-16-12(23)8-22-6-3-11(4-7-22)21-15-13-14(18-9-17-13)19-10-20-15/h9-11H,2-8H2,1H3,(H,16,23)(H2,17,18,19,20,21). The van der Waals surface area contributed by atoms with E-state index >= 15 is 0 Å². The maximum Gasteiger partial charge on any atom is 0.234 e. The molecule has 0 radical (unpaired) electrons. The van der Waals surface area contributed by atoms with Crippen molar-refractivity contribution in [1.29, 1.82) is 0 Å². The molecule has 124 valence electrons. The van der Waals surface area contributed by atoms with Gasteiger partial charge in [-0.3, -0.25) is 9.69 Å². The maximum atomic E-state index is 11.8. The molecule has 0 spiro atoms. The number of piperidine rings is 1. The Kier molecular flexibility index (Phi) is 5.02. The predicted molar refractivity (Wildman–Crippen MR) is 88.1 cm³/mol. The van der Waals surface area contributed by atoms with Gasteiger partial charge < -0.3 is 15.6 Å². The Hall–Kier alpha value is -2.22. The van der Waals surface area contributed by atoms with Gasteiger partial charge in [0.2, 0.25) is 5.91 Å². The smallest absolute Gasteiger partial charge is 0.234 e. The van der Waals surface area contributed by atoms with Crippen molar-refractivity contribution in [1.82, 2.24) is 30.2 Å². The van der Waals surface area contributed by atoms with E-state index in [1.165, 1.54) is 6.33 Å². The molecule has 0 aliphatic carbocycles. The fourth-order valence-electron chi connectivity index (χ4n) is 2.83. The first-order chi connectivity index (χ1) is 11.3. The van der Waals surface area contributed by atoms with Crippen molar-refractivity contribution in [2.24, 2.45) is 0 Å². The van der Waals surface area contributed by atoms with Crippen LogP contribution in [0.3, 0.4) is 0 Å². The number of aromatic nitrogens is 4. The number of nitrogens with zero attached hydrogens (tertiary/aromatic N) is 4. The Balaban J connectivity index is 1.49. The second-order valence-electron chi connectivity index (χ2n) is 5.87. The highest BCUT2D eigenvalue weighted by Crippen LogP contribution is 2.19. The molecule has 1 fully saturated rings. The van der Waals surface area contributed by atoms with Crippen LogP contribution in [0.2, 0.25) is 0 Å². The van der Waals surface area contributed by atoms with Crippen molar-refractivity contribution >= 4 is 22.9 Å². The van der Waals surface area contributed by atoms with Crippen LogP contribution in [-0.4, -0.2) is 63.0 Å². The van der Waals surface area contributed by atoms with Gasteiger partial charge in [0, 0.05) is 25.7 Å². The van der Waals surface area contributed by atoms with E-state index in [0.717, 1.165) is 50.2 Å². The van der Waals surface area contributed by atoms with Gasteiger partial charge in [-0.1, -0.05) is 6.92 Å². The van der Waals surface area contributed by atoms with Crippen molar-refractivity contribution in [3.63, 3.8) is 0 Å². The molecule has 3 N–H and O–H groups in total. The number of hydrogen-bond acceptors (Lipinski definition) is 6. The van der Waals surface area contributed by atoms with E-state index in [-0.39, 0.29) is 5.91 Å². The van der Waals surface area contributed by atoms with Gasteiger partial charge in [-0.05, 0) is 19.3 Å². The Morgan fingerprint density at radius 1 is 1.35 bits per heavy atom. The fourth-order valence-corrected chi connectivity index (χ4v) is 2.83. The summed E-state index contributed by atoms with van der Waals surface area (Å²) < 4.78 is 0. The highest BCUT2D eigenvalue weighted by Gasteiger charge is 2.21. The quantitative estimate of drug-likeness (QED) is 0.727. The highest BCUT2D eigenvalue weighted by molar-refractivity contribution is 5.82. The number of H-pyrrole nitrogens is 1. The zero-order chi connectivity index (χ0) is 16.1. The number of fused-ring (bicyclic) bond motifs is 1. The van der Waals surface area contributed by atoms with Crippen LogP contribution in [0.25, 0.3) is 11.2 Å². The number of imidazole rings is 1. The van der Waals surface area contributed by atoms with Crippen molar-refractivity contribution < 1.29 is 4.79 Å². The summed E-state index contributed by atoms with van der Waals surface area (Å²) in [5, 5.41) is 6.39. The molecule has 0 saturated carbocycles. The number of anilines is 1. The summed E-state index contributed by atoms with van der Waals surface area (Å²) in [6, 6.07) is 0.353. The van der Waals surface area contributed by atoms with Gasteiger partial charge in [-0.2, -0.15) is 0 Å². The average molecular weight is 317 g/mol. The van der Waals surface area contributed by atoms with E-state index in [0.29, 0.717) is 18.2 Å². The predicted octanol–water partition coefficient (Wildman–Crippen LogP) is 0.755. The molecule has 0 atom stereocenters. The van der Waals surface area contributed by atoms with E-state index in [1.54, 1.807) is 6.33 Å². The van der Waals surface area contributed by atoms with Crippen LogP contribution < -0.4 is 10.6 Å². The first-order valence-electron chi connectivity index (χ1n) is 8.16. The van der Waals surface area contributed by atoms with Crippen LogP contribution in [0.1, 0.15) is 26.2 Å². The number of amides is 1. The highest BCUT2D eigenvalue weighted by atomic mass is 16.2. The molecule has 2 aromatic rings. The summed E-state index contributed by atoms with van der Waals surface area (Å²) in [5.74, 6) is 0.917. The van der Waals surface area contributed by atoms with Crippen molar-refractivity contribution in [3.05, 3.63) is 12.7 Å². The monoisotopic (exact) mass is 317 g/mol. The molecular weight excluding hydrogens is 294 g/mol. The lowest BCUT2D eigenvalue weighted by Gasteiger charge is -2.32. The molecule has 23 heavy (non-hydrogen) atoms. The van der Waals surface area contributed by atoms with Gasteiger partial charge >= 0.3 is 0 Å². The largest absolute Gasteiger partial charge is 0.365 e. The zero-order valence-electron chi connectivity index (χ0n) is 13.4. The van der Waals surface area contributed by atoms with E-state index < -0.39 is 0 Å². The minimum atomic E-state index is 0.119. The SMILES string of the molecule is CCCNC(=O)CN1CCC(Nc2ncnc3nc[nH]c23)CC1. The molecular formula is C15H23N7O. The summed E-state index contributed by atoms with van der Waals surface area (Å²) in [4.78, 5) is 29.6. The van der Waals surface area contributed by atoms with Gasteiger partial charge in [0.25, 0.3) is 0 Å². The molecule has 3 rings (SSSR count). The Bertz CT molecular complexity index is 648. The first-order valence-corrected chi connectivity index (χ1v) is 8.16. The second kappa shape index (κ2) is 7.36. The minimum absolute atomic E-state index is 0.119. The second-order valence-corrected chi connectivity index (χ2v) is 5.87. The summed E-state index contributed by atoms with van der Waals surface area (Å²) in [6.07, 6.45) is 6.10. The summed E-state index contributed by atoms with van der Waals surface area (Å²) in [5.41, 5.74) is 1.52. The van der Waals surface area contributed by atoms with Crippen molar-refractivity contribution in [2.75, 3.05) is 31.5 Å². The molecule has 2 aromatic heterocycles. The molecule has 0 unspecified atom stereocenters. The van der Waals surface area contributed by atoms with Crippen LogP contribution in [0.4, 0.5) is 5.82 Å². The molecule has 0 bridgehead atoms. The fraction of sp³-hybridized carbons (Fsp3) is 0.600. The third-order valence-corrected chi connectivity index (χ3v) is 4.09. The molecule has 8 nitrogen and oxygen atoms in total. The number of hydrogen-bond donors (Lipinski definition) is 3. The number of rotatable bonds is 6. The van der Waals surface area contributed by atoms with Crippen LogP contribution >= 0.6 is 0 Å². The van der Waals surface area contributed by atoms with Gasteiger partial charge in [0.1, 0.15) is 11.8 Å². The van der Waals surface area contributed by atoms with E-state index in [2.05, 4.69) is 42.4 Å². The molecule has 1 amide bonds. The third kappa shape index (κ3) is 3.95. The van der Waals surface area contributed by atoms with Gasteiger partial charge in [-0.25, -0.2) is 15.0 Å². The third-order valence-electron chi connectivity index (χ3n) is 4.09. The van der Waals surface area contributed by atoms with Crippen LogP contribution in [-0.2, 0) is 4.79 Å². The molecule has 1 saturated heterocycles. The van der Waals surface area contributed by atoms with Gasteiger partial charge in [-0.15, -0.1) is 0 Å². The minimum Gasteiger partial charge on any atom is -0.365 e. The number of nitrogens with one attached hydrogen (secondary N) is 3. The summed E-state index contributed by atoms with van der Waals surface area (Å²) in [6.45, 7) is 5.12. The first kappa shape index (κ1) is 15.7. The molecule has 8 heteroatoms. The Morgan fingerprint density at radius 3 is 2.96 bits per heavy atom. The van der Waals surface area contributed by atoms with Crippen molar-refractivity contribution in [3.8, 4) is 0 Å². The molecule has 1 aliphatic heterocycles. The van der Waals surface area contributed by atoms with Gasteiger partial charge in [0.05, 0.1) is 12.9 Å². The normalized spacial score (nSPS) is 16.6. The lowest BCUT2D eigenvalue weighted by atomic mass is 10.1. The topological polar surface area (TPSA) is 98.8 Å². The molecule has 1 aliphatic rings. The zero-order valence-corrected chi connectivity index (χ0v) is 13.4. The maximum absolute atomic E-state index is 11.8. The van der Waals surface area contributed by atoms with E-state index in [4.69, 9.17) is 0 Å². The van der Waals surface area contributed by atoms with E-state index in [9.17, 15) is 4.79 Å². The number of aromatic amines is 1. The number of likely N-dealkylation sites (tertiary alicyclic amines) is 1. The van der Waals surface area contributed by atoms with E-state index in [1.807, 2.05) is 0 Å². The summed E-state index contributed by atoms with van der Waals surface area (Å²) >= 11 is 0. The van der Waals surface area contributed by atoms with Crippen LogP contribution in [0, 0.1) is 0 Å². The molecule has 0 aromatic carbocycles. The lowest BCUT2D eigenvalue weighted by Crippen LogP contribution is -2.44. The number of carbonyl (C=O) groups is 1. The summed E-state index contributed by atoms with van der Waals surface area (Å²) in [7, 11) is 0. The van der Waals surface area contributed by atoms with Gasteiger partial charge in [0.15, 0.2) is 11.5 Å². The lowest BCUT2D eigenvalue weighted by molar-refractivity contribution is -0.122. The Morgan fingerprint density at radius 2 is 2.17 bits per heavy atom. The van der Waals surface area contributed by atoms with Crippen LogP contribution in [0.15, 0.2) is 12.7 Å². The Labute approximate surface area is 135 Å².